The molecule has 2 rings (SSSR count). The zero-order valence-corrected chi connectivity index (χ0v) is 10.4. The van der Waals surface area contributed by atoms with Crippen LogP contribution in [0.5, 0.6) is 11.5 Å². The van der Waals surface area contributed by atoms with Crippen LogP contribution >= 0.6 is 0 Å². The van der Waals surface area contributed by atoms with Crippen LogP contribution in [0.25, 0.3) is 0 Å². The molecule has 5 nitrogen and oxygen atoms in total. The minimum atomic E-state index is -0.844. The maximum absolute atomic E-state index is 10.7. The lowest BCUT2D eigenvalue weighted by atomic mass is 9.96. The van der Waals surface area contributed by atoms with E-state index in [0.717, 1.165) is 11.1 Å². The molecule has 0 bridgehead atoms. The molecule has 1 unspecified atom stereocenters. The highest BCUT2D eigenvalue weighted by Crippen LogP contribution is 2.37. The average Bonchev–Trinajstić information content (AvgIpc) is 2.36. The molecule has 18 heavy (non-hydrogen) atoms. The Hall–Kier alpha value is -1.75. The van der Waals surface area contributed by atoms with E-state index in [1.54, 1.807) is 14.2 Å². The van der Waals surface area contributed by atoms with Gasteiger partial charge in [-0.1, -0.05) is 6.07 Å². The number of carboxylic acids is 1. The molecule has 1 aliphatic rings. The fourth-order valence-corrected chi connectivity index (χ4v) is 2.21. The van der Waals surface area contributed by atoms with Crippen LogP contribution in [0, 0.1) is 0 Å². The molecule has 5 heteroatoms. The Morgan fingerprint density at radius 3 is 2.83 bits per heavy atom. The summed E-state index contributed by atoms with van der Waals surface area (Å²) in [6.07, 6.45) is 0.337. The van der Waals surface area contributed by atoms with Gasteiger partial charge in [-0.05, 0) is 18.1 Å². The monoisotopic (exact) mass is 252 g/mol. The highest BCUT2D eigenvalue weighted by molar-refractivity contribution is 5.67. The molecule has 0 spiro atoms. The van der Waals surface area contributed by atoms with Crippen LogP contribution in [0.1, 0.15) is 17.5 Å². The average molecular weight is 252 g/mol. The van der Waals surface area contributed by atoms with Crippen molar-refractivity contribution < 1.29 is 24.1 Å². The number of rotatable bonds is 4. The van der Waals surface area contributed by atoms with Crippen molar-refractivity contribution >= 4 is 5.97 Å². The molecule has 1 N–H and O–H groups in total. The summed E-state index contributed by atoms with van der Waals surface area (Å²) in [5.74, 6) is 0.490. The van der Waals surface area contributed by atoms with E-state index < -0.39 is 5.97 Å². The highest BCUT2D eigenvalue weighted by atomic mass is 16.5. The smallest absolute Gasteiger partial charge is 0.305 e. The molecule has 1 aromatic carbocycles. The van der Waals surface area contributed by atoms with Crippen LogP contribution in [0.3, 0.4) is 0 Å². The SMILES string of the molecule is COc1ccc2c(c1OC)COC(CC(=O)O)C2. The number of hydrogen-bond acceptors (Lipinski definition) is 4. The van der Waals surface area contributed by atoms with Gasteiger partial charge in [-0.3, -0.25) is 4.79 Å². The lowest BCUT2D eigenvalue weighted by Gasteiger charge is -2.26. The number of hydrogen-bond donors (Lipinski definition) is 1. The van der Waals surface area contributed by atoms with Crippen molar-refractivity contribution in [3.8, 4) is 11.5 Å². The first kappa shape index (κ1) is 12.7. The second-order valence-electron chi connectivity index (χ2n) is 4.17. The molecule has 1 aromatic rings. The normalized spacial score (nSPS) is 18.0. The molecule has 1 atom stereocenters. The summed E-state index contributed by atoms with van der Waals surface area (Å²) in [6, 6.07) is 3.77. The third kappa shape index (κ3) is 2.41. The van der Waals surface area contributed by atoms with Gasteiger partial charge in [0.1, 0.15) is 0 Å². The molecule has 0 aliphatic carbocycles. The standard InChI is InChI=1S/C13H16O5/c1-16-11-4-3-8-5-9(6-12(14)15)18-7-10(8)13(11)17-2/h3-4,9H,5-7H2,1-2H3,(H,14,15). The third-order valence-electron chi connectivity index (χ3n) is 3.06. The first-order valence-corrected chi connectivity index (χ1v) is 5.71. The Bertz CT molecular complexity index is 455. The molecule has 98 valence electrons. The van der Waals surface area contributed by atoms with Crippen molar-refractivity contribution in [3.05, 3.63) is 23.3 Å². The molecular formula is C13H16O5. The summed E-state index contributed by atoms with van der Waals surface area (Å²) in [6.45, 7) is 0.355. The number of carbonyl (C=O) groups is 1. The first-order valence-electron chi connectivity index (χ1n) is 5.71. The number of ether oxygens (including phenoxy) is 3. The van der Waals surface area contributed by atoms with Crippen LogP contribution in [-0.2, 0) is 22.6 Å². The Morgan fingerprint density at radius 2 is 2.22 bits per heavy atom. The fourth-order valence-electron chi connectivity index (χ4n) is 2.21. The van der Waals surface area contributed by atoms with Gasteiger partial charge in [-0.25, -0.2) is 0 Å². The molecule has 0 amide bonds. The zero-order valence-electron chi connectivity index (χ0n) is 10.4. The van der Waals surface area contributed by atoms with Crippen molar-refractivity contribution in [2.45, 2.75) is 25.6 Å². The minimum Gasteiger partial charge on any atom is -0.493 e. The molecule has 0 saturated carbocycles. The molecular weight excluding hydrogens is 236 g/mol. The van der Waals surface area contributed by atoms with Crippen molar-refractivity contribution in [1.82, 2.24) is 0 Å². The lowest BCUT2D eigenvalue weighted by Crippen LogP contribution is -2.25. The van der Waals surface area contributed by atoms with E-state index in [2.05, 4.69) is 0 Å². The van der Waals surface area contributed by atoms with Crippen molar-refractivity contribution in [3.63, 3.8) is 0 Å². The molecule has 0 fully saturated rings. The van der Waals surface area contributed by atoms with Gasteiger partial charge in [0.2, 0.25) is 0 Å². The summed E-state index contributed by atoms with van der Waals surface area (Å²) in [5.41, 5.74) is 2.00. The number of aliphatic carboxylic acids is 1. The number of carboxylic acid groups (broad SMARTS) is 1. The lowest BCUT2D eigenvalue weighted by molar-refractivity contribution is -0.140. The Kier molecular flexibility index (Phi) is 3.72. The maximum Gasteiger partial charge on any atom is 0.305 e. The van der Waals surface area contributed by atoms with E-state index in [1.165, 1.54) is 0 Å². The zero-order chi connectivity index (χ0) is 13.1. The molecule has 0 radical (unpaired) electrons. The van der Waals surface area contributed by atoms with Crippen LogP contribution in [0.4, 0.5) is 0 Å². The largest absolute Gasteiger partial charge is 0.493 e. The maximum atomic E-state index is 10.7. The Balaban J connectivity index is 2.27. The van der Waals surface area contributed by atoms with Crippen LogP contribution in [0.2, 0.25) is 0 Å². The van der Waals surface area contributed by atoms with Gasteiger partial charge < -0.3 is 19.3 Å². The second kappa shape index (κ2) is 5.27. The molecule has 0 aromatic heterocycles. The highest BCUT2D eigenvalue weighted by Gasteiger charge is 2.25. The van der Waals surface area contributed by atoms with Crippen LogP contribution < -0.4 is 9.47 Å². The summed E-state index contributed by atoms with van der Waals surface area (Å²) < 4.78 is 16.1. The van der Waals surface area contributed by atoms with E-state index >= 15 is 0 Å². The van der Waals surface area contributed by atoms with E-state index in [1.807, 2.05) is 12.1 Å². The quantitative estimate of drug-likeness (QED) is 0.882. The van der Waals surface area contributed by atoms with Gasteiger partial charge in [-0.2, -0.15) is 0 Å². The topological polar surface area (TPSA) is 65.0 Å². The van der Waals surface area contributed by atoms with Crippen LogP contribution in [-0.4, -0.2) is 31.4 Å². The summed E-state index contributed by atoms with van der Waals surface area (Å²) >= 11 is 0. The van der Waals surface area contributed by atoms with E-state index in [-0.39, 0.29) is 12.5 Å². The van der Waals surface area contributed by atoms with Crippen molar-refractivity contribution in [2.75, 3.05) is 14.2 Å². The Labute approximate surface area is 105 Å². The fraction of sp³-hybridized carbons (Fsp3) is 0.462. The molecule has 1 heterocycles. The summed E-state index contributed by atoms with van der Waals surface area (Å²) in [4.78, 5) is 10.7. The van der Waals surface area contributed by atoms with Gasteiger partial charge in [0.05, 0.1) is 33.4 Å². The van der Waals surface area contributed by atoms with E-state index in [0.29, 0.717) is 24.5 Å². The predicted molar refractivity (Wildman–Crippen MR) is 64.1 cm³/mol. The Morgan fingerprint density at radius 1 is 1.44 bits per heavy atom. The summed E-state index contributed by atoms with van der Waals surface area (Å²) in [7, 11) is 3.17. The van der Waals surface area contributed by atoms with Gasteiger partial charge in [0, 0.05) is 5.56 Å². The van der Waals surface area contributed by atoms with Gasteiger partial charge in [0.25, 0.3) is 0 Å². The summed E-state index contributed by atoms with van der Waals surface area (Å²) in [5, 5.41) is 8.77. The third-order valence-corrected chi connectivity index (χ3v) is 3.06. The van der Waals surface area contributed by atoms with E-state index in [9.17, 15) is 4.79 Å². The van der Waals surface area contributed by atoms with Gasteiger partial charge in [0.15, 0.2) is 11.5 Å². The number of fused-ring (bicyclic) bond motifs is 1. The number of benzene rings is 1. The second-order valence-corrected chi connectivity index (χ2v) is 4.17. The van der Waals surface area contributed by atoms with Crippen LogP contribution in [0.15, 0.2) is 12.1 Å². The van der Waals surface area contributed by atoms with E-state index in [4.69, 9.17) is 19.3 Å². The van der Waals surface area contributed by atoms with Gasteiger partial charge in [-0.15, -0.1) is 0 Å². The molecule has 1 aliphatic heterocycles. The molecule has 0 saturated heterocycles. The number of methoxy groups -OCH3 is 2. The first-order chi connectivity index (χ1) is 8.65. The van der Waals surface area contributed by atoms with Crippen molar-refractivity contribution in [2.24, 2.45) is 0 Å². The van der Waals surface area contributed by atoms with Crippen molar-refractivity contribution in [1.29, 1.82) is 0 Å². The van der Waals surface area contributed by atoms with Gasteiger partial charge >= 0.3 is 5.97 Å². The predicted octanol–water partition coefficient (Wildman–Crippen LogP) is 1.62. The minimum absolute atomic E-state index is 0.0216.